The fraction of sp³-hybridized carbons (Fsp3) is 0.462. The highest BCUT2D eigenvalue weighted by atomic mass is 16.2. The van der Waals surface area contributed by atoms with Crippen LogP contribution in [0, 0.1) is 0 Å². The van der Waals surface area contributed by atoms with Crippen LogP contribution in [0.15, 0.2) is 24.3 Å². The average Bonchev–Trinajstić information content (AvgIpc) is 2.29. The van der Waals surface area contributed by atoms with E-state index < -0.39 is 6.04 Å². The van der Waals surface area contributed by atoms with Gasteiger partial charge < -0.3 is 16.0 Å². The summed E-state index contributed by atoms with van der Waals surface area (Å²) in [6.45, 7) is 2.69. The molecular weight excluding hydrogens is 214 g/mol. The van der Waals surface area contributed by atoms with Gasteiger partial charge in [0.25, 0.3) is 0 Å². The average molecular weight is 235 g/mol. The summed E-state index contributed by atoms with van der Waals surface area (Å²) in [5, 5.41) is 2.88. The Balaban J connectivity index is 2.79. The maximum atomic E-state index is 11.7. The lowest BCUT2D eigenvalue weighted by Crippen LogP contribution is -2.35. The van der Waals surface area contributed by atoms with Gasteiger partial charge in [-0.1, -0.05) is 25.1 Å². The van der Waals surface area contributed by atoms with Crippen molar-refractivity contribution in [3.05, 3.63) is 29.8 Å². The molecule has 3 N–H and O–H groups in total. The Hall–Kier alpha value is -1.39. The topological polar surface area (TPSA) is 58.4 Å². The van der Waals surface area contributed by atoms with E-state index in [2.05, 4.69) is 10.2 Å². The third-order valence-electron chi connectivity index (χ3n) is 2.54. The van der Waals surface area contributed by atoms with Gasteiger partial charge in [-0.2, -0.15) is 0 Å². The van der Waals surface area contributed by atoms with E-state index in [1.54, 1.807) is 0 Å². The Bertz CT molecular complexity index is 377. The van der Waals surface area contributed by atoms with Crippen LogP contribution in [0.4, 0.5) is 5.69 Å². The predicted octanol–water partition coefficient (Wildman–Crippen LogP) is 1.42. The number of nitrogens with one attached hydrogen (secondary N) is 1. The van der Waals surface area contributed by atoms with Crippen molar-refractivity contribution in [2.24, 2.45) is 5.73 Å². The predicted molar refractivity (Wildman–Crippen MR) is 70.7 cm³/mol. The number of hydrogen-bond donors (Lipinski definition) is 2. The Morgan fingerprint density at radius 2 is 2.06 bits per heavy atom. The number of nitrogens with two attached hydrogens (primary N) is 1. The number of nitrogens with zero attached hydrogens (tertiary/aromatic N) is 1. The SMILES string of the molecule is CC[C@H](N)C(=O)Nc1ccccc1CN(C)C. The zero-order valence-corrected chi connectivity index (χ0v) is 10.7. The molecule has 0 fully saturated rings. The maximum absolute atomic E-state index is 11.7. The summed E-state index contributed by atoms with van der Waals surface area (Å²) in [6, 6.07) is 7.34. The molecule has 1 rings (SSSR count). The van der Waals surface area contributed by atoms with Gasteiger partial charge >= 0.3 is 0 Å². The molecule has 0 aliphatic heterocycles. The van der Waals surface area contributed by atoms with Gasteiger partial charge in [0.2, 0.25) is 5.91 Å². The standard InChI is InChI=1S/C13H21N3O/c1-4-11(14)13(17)15-12-8-6-5-7-10(12)9-16(2)3/h5-8,11H,4,9,14H2,1-3H3,(H,15,17)/t11-/m0/s1. The van der Waals surface area contributed by atoms with E-state index in [1.807, 2.05) is 45.3 Å². The van der Waals surface area contributed by atoms with Crippen molar-refractivity contribution < 1.29 is 4.79 Å². The van der Waals surface area contributed by atoms with Gasteiger partial charge in [0.1, 0.15) is 0 Å². The Morgan fingerprint density at radius 1 is 1.41 bits per heavy atom. The highest BCUT2D eigenvalue weighted by molar-refractivity contribution is 5.95. The fourth-order valence-electron chi connectivity index (χ4n) is 1.53. The molecule has 0 spiro atoms. The summed E-state index contributed by atoms with van der Waals surface area (Å²) in [5.41, 5.74) is 7.63. The monoisotopic (exact) mass is 235 g/mol. The first kappa shape index (κ1) is 13.7. The minimum Gasteiger partial charge on any atom is -0.324 e. The van der Waals surface area contributed by atoms with E-state index >= 15 is 0 Å². The Kier molecular flexibility index (Phi) is 5.12. The molecule has 0 saturated carbocycles. The lowest BCUT2D eigenvalue weighted by Gasteiger charge is -2.16. The molecule has 1 aromatic carbocycles. The second kappa shape index (κ2) is 6.37. The maximum Gasteiger partial charge on any atom is 0.241 e. The summed E-state index contributed by atoms with van der Waals surface area (Å²) in [5.74, 6) is -0.126. The molecule has 1 amide bonds. The highest BCUT2D eigenvalue weighted by Gasteiger charge is 2.12. The first-order chi connectivity index (χ1) is 8.04. The largest absolute Gasteiger partial charge is 0.324 e. The van der Waals surface area contributed by atoms with Gasteiger partial charge in [-0.25, -0.2) is 0 Å². The molecular formula is C13H21N3O. The number of rotatable bonds is 5. The van der Waals surface area contributed by atoms with Crippen LogP contribution in [0.5, 0.6) is 0 Å². The summed E-state index contributed by atoms with van der Waals surface area (Å²) in [6.07, 6.45) is 0.641. The molecule has 94 valence electrons. The third-order valence-corrected chi connectivity index (χ3v) is 2.54. The van der Waals surface area contributed by atoms with Crippen molar-refractivity contribution in [2.75, 3.05) is 19.4 Å². The van der Waals surface area contributed by atoms with Crippen LogP contribution in [0.25, 0.3) is 0 Å². The zero-order valence-electron chi connectivity index (χ0n) is 10.7. The van der Waals surface area contributed by atoms with Crippen molar-refractivity contribution >= 4 is 11.6 Å². The molecule has 0 saturated heterocycles. The molecule has 1 aromatic rings. The van der Waals surface area contributed by atoms with Crippen LogP contribution in [0.2, 0.25) is 0 Å². The van der Waals surface area contributed by atoms with Gasteiger partial charge in [0.05, 0.1) is 6.04 Å². The summed E-state index contributed by atoms with van der Waals surface area (Å²) < 4.78 is 0. The smallest absolute Gasteiger partial charge is 0.241 e. The fourth-order valence-corrected chi connectivity index (χ4v) is 1.53. The van der Waals surface area contributed by atoms with Crippen molar-refractivity contribution in [3.8, 4) is 0 Å². The molecule has 0 aliphatic rings. The molecule has 0 heterocycles. The summed E-state index contributed by atoms with van der Waals surface area (Å²) in [4.78, 5) is 13.8. The van der Waals surface area contributed by atoms with E-state index in [4.69, 9.17) is 5.73 Å². The number of carbonyl (C=O) groups is 1. The van der Waals surface area contributed by atoms with Crippen LogP contribution in [-0.2, 0) is 11.3 Å². The van der Waals surface area contributed by atoms with Crippen molar-refractivity contribution in [1.29, 1.82) is 0 Å². The lowest BCUT2D eigenvalue weighted by atomic mass is 10.1. The number of carbonyl (C=O) groups excluding carboxylic acids is 1. The van der Waals surface area contributed by atoms with Gasteiger partial charge in [0.15, 0.2) is 0 Å². The van der Waals surface area contributed by atoms with Gasteiger partial charge in [-0.15, -0.1) is 0 Å². The highest BCUT2D eigenvalue weighted by Crippen LogP contribution is 2.16. The van der Waals surface area contributed by atoms with E-state index in [-0.39, 0.29) is 5.91 Å². The summed E-state index contributed by atoms with van der Waals surface area (Å²) in [7, 11) is 3.99. The number of para-hydroxylation sites is 1. The minimum absolute atomic E-state index is 0.126. The number of hydrogen-bond acceptors (Lipinski definition) is 3. The Morgan fingerprint density at radius 3 is 2.65 bits per heavy atom. The van der Waals surface area contributed by atoms with Gasteiger partial charge in [0, 0.05) is 12.2 Å². The second-order valence-corrected chi connectivity index (χ2v) is 4.40. The van der Waals surface area contributed by atoms with E-state index in [0.717, 1.165) is 17.8 Å². The normalized spacial score (nSPS) is 12.5. The molecule has 0 aliphatic carbocycles. The summed E-state index contributed by atoms with van der Waals surface area (Å²) >= 11 is 0. The molecule has 1 atom stereocenters. The van der Waals surface area contributed by atoms with E-state index in [1.165, 1.54) is 0 Å². The Labute approximate surface area is 103 Å². The van der Waals surface area contributed by atoms with Gasteiger partial charge in [-0.05, 0) is 32.1 Å². The molecule has 4 heteroatoms. The van der Waals surface area contributed by atoms with Crippen molar-refractivity contribution in [2.45, 2.75) is 25.9 Å². The van der Waals surface area contributed by atoms with Crippen LogP contribution in [-0.4, -0.2) is 30.9 Å². The number of amides is 1. The third kappa shape index (κ3) is 4.17. The van der Waals surface area contributed by atoms with Crippen LogP contribution in [0.3, 0.4) is 0 Å². The van der Waals surface area contributed by atoms with Crippen LogP contribution in [0.1, 0.15) is 18.9 Å². The number of anilines is 1. The first-order valence-electron chi connectivity index (χ1n) is 5.83. The van der Waals surface area contributed by atoms with Crippen molar-refractivity contribution in [3.63, 3.8) is 0 Å². The quantitative estimate of drug-likeness (QED) is 0.811. The first-order valence-corrected chi connectivity index (χ1v) is 5.83. The molecule has 0 bridgehead atoms. The van der Waals surface area contributed by atoms with E-state index in [0.29, 0.717) is 6.42 Å². The van der Waals surface area contributed by atoms with E-state index in [9.17, 15) is 4.79 Å². The van der Waals surface area contributed by atoms with Crippen LogP contribution < -0.4 is 11.1 Å². The minimum atomic E-state index is -0.442. The van der Waals surface area contributed by atoms with Crippen molar-refractivity contribution in [1.82, 2.24) is 4.90 Å². The molecule has 0 radical (unpaired) electrons. The molecule has 17 heavy (non-hydrogen) atoms. The number of benzene rings is 1. The molecule has 0 aromatic heterocycles. The zero-order chi connectivity index (χ0) is 12.8. The second-order valence-electron chi connectivity index (χ2n) is 4.40. The van der Waals surface area contributed by atoms with Crippen LogP contribution >= 0.6 is 0 Å². The van der Waals surface area contributed by atoms with Gasteiger partial charge in [-0.3, -0.25) is 4.79 Å². The molecule has 0 unspecified atom stereocenters. The lowest BCUT2D eigenvalue weighted by molar-refractivity contribution is -0.117. The molecule has 4 nitrogen and oxygen atoms in total.